The van der Waals surface area contributed by atoms with E-state index in [2.05, 4.69) is 19.6 Å². The van der Waals surface area contributed by atoms with Gasteiger partial charge < -0.3 is 5.11 Å². The van der Waals surface area contributed by atoms with E-state index in [1.54, 1.807) is 0 Å². The maximum absolute atomic E-state index is 13.1. The van der Waals surface area contributed by atoms with Gasteiger partial charge in [-0.05, 0) is 55.8 Å². The van der Waals surface area contributed by atoms with Crippen LogP contribution < -0.4 is 0 Å². The SMILES string of the molecule is C[Si](C)(C)CCCC[C@H](CCC(F)(F)F)N1CC[C@@H](CC(=O)O)C[C@H]1c1ccc(C(F)(F)F)cc1. The Morgan fingerprint density at radius 2 is 1.69 bits per heavy atom. The molecule has 3 nitrogen and oxygen atoms in total. The number of unbranched alkanes of at least 4 members (excludes halogenated alkanes) is 1. The van der Waals surface area contributed by atoms with Crippen molar-refractivity contribution in [3.8, 4) is 0 Å². The quantitative estimate of drug-likeness (QED) is 0.180. The van der Waals surface area contributed by atoms with E-state index in [-0.39, 0.29) is 24.8 Å². The second-order valence-corrected chi connectivity index (χ2v) is 16.6. The van der Waals surface area contributed by atoms with E-state index >= 15 is 0 Å². The number of piperidine rings is 1. The number of alkyl halides is 6. The number of rotatable bonds is 11. The number of carboxylic acid groups (broad SMARTS) is 1. The van der Waals surface area contributed by atoms with Gasteiger partial charge in [-0.15, -0.1) is 0 Å². The van der Waals surface area contributed by atoms with Crippen LogP contribution in [0.1, 0.15) is 68.5 Å². The number of hydrogen-bond donors (Lipinski definition) is 1. The topological polar surface area (TPSA) is 40.5 Å². The van der Waals surface area contributed by atoms with E-state index in [0.29, 0.717) is 31.4 Å². The Bertz CT molecular complexity index is 804. The Morgan fingerprint density at radius 1 is 1.06 bits per heavy atom. The van der Waals surface area contributed by atoms with Crippen LogP contribution in [-0.4, -0.2) is 42.8 Å². The normalized spacial score (nSPS) is 21.2. The van der Waals surface area contributed by atoms with Crippen LogP contribution in [0.4, 0.5) is 26.3 Å². The summed E-state index contributed by atoms with van der Waals surface area (Å²) < 4.78 is 78.6. The predicted octanol–water partition coefficient (Wildman–Crippen LogP) is 8.15. The standard InChI is InChI=1S/C25H37F6NO2Si/c1-35(2,3)15-5-4-6-21(11-13-24(26,27)28)32-14-12-18(17-23(33)34)16-22(32)19-7-9-20(10-8-19)25(29,30)31/h7-10,18,21-22H,4-6,11-17H2,1-3H3,(H,33,34)/t18-,21-,22+/m1/s1. The van der Waals surface area contributed by atoms with Crippen molar-refractivity contribution in [3.05, 3.63) is 35.4 Å². The maximum atomic E-state index is 13.1. The zero-order valence-corrected chi connectivity index (χ0v) is 21.7. The number of nitrogens with zero attached hydrogens (tertiary/aromatic N) is 1. The van der Waals surface area contributed by atoms with Gasteiger partial charge in [0.05, 0.1) is 5.56 Å². The lowest BCUT2D eigenvalue weighted by Gasteiger charge is -2.44. The molecular weight excluding hydrogens is 488 g/mol. The molecule has 3 atom stereocenters. The highest BCUT2D eigenvalue weighted by atomic mass is 28.3. The molecule has 0 aromatic heterocycles. The van der Waals surface area contributed by atoms with E-state index < -0.39 is 44.4 Å². The summed E-state index contributed by atoms with van der Waals surface area (Å²) in [5.41, 5.74) is -0.196. The Labute approximate surface area is 204 Å². The molecule has 0 bridgehead atoms. The van der Waals surface area contributed by atoms with Gasteiger partial charge in [0.1, 0.15) is 0 Å². The number of aliphatic carboxylic acids is 1. The van der Waals surface area contributed by atoms with E-state index in [0.717, 1.165) is 31.0 Å². The number of carboxylic acids is 1. The van der Waals surface area contributed by atoms with Gasteiger partial charge >= 0.3 is 18.3 Å². The zero-order valence-electron chi connectivity index (χ0n) is 20.7. The molecular formula is C25H37F6NO2Si. The Kier molecular flexibility index (Phi) is 10.3. The number of halogens is 6. The van der Waals surface area contributed by atoms with Gasteiger partial charge in [0.15, 0.2) is 0 Å². The first-order chi connectivity index (χ1) is 16.0. The number of hydrogen-bond acceptors (Lipinski definition) is 2. The first-order valence-electron chi connectivity index (χ1n) is 12.3. The molecule has 1 fully saturated rings. The van der Waals surface area contributed by atoms with E-state index in [9.17, 15) is 36.2 Å². The molecule has 1 aliphatic heterocycles. The summed E-state index contributed by atoms with van der Waals surface area (Å²) in [5.74, 6) is -1.12. The van der Waals surface area contributed by atoms with Crippen molar-refractivity contribution in [3.63, 3.8) is 0 Å². The van der Waals surface area contributed by atoms with E-state index in [4.69, 9.17) is 0 Å². The van der Waals surface area contributed by atoms with Crippen LogP contribution in [0.25, 0.3) is 0 Å². The highest BCUT2D eigenvalue weighted by Gasteiger charge is 2.37. The summed E-state index contributed by atoms with van der Waals surface area (Å²) in [7, 11) is -1.27. The van der Waals surface area contributed by atoms with Crippen LogP contribution in [0.15, 0.2) is 24.3 Å². The molecule has 0 unspecified atom stereocenters. The minimum absolute atomic E-state index is 0.0611. The highest BCUT2D eigenvalue weighted by Crippen LogP contribution is 2.40. The van der Waals surface area contributed by atoms with Gasteiger partial charge in [0.2, 0.25) is 0 Å². The van der Waals surface area contributed by atoms with Crippen LogP contribution in [0.5, 0.6) is 0 Å². The van der Waals surface area contributed by atoms with Crippen LogP contribution in [0, 0.1) is 5.92 Å². The van der Waals surface area contributed by atoms with E-state index in [1.807, 2.05) is 4.90 Å². The van der Waals surface area contributed by atoms with Crippen molar-refractivity contribution in [2.24, 2.45) is 5.92 Å². The molecule has 1 N–H and O–H groups in total. The van der Waals surface area contributed by atoms with Crippen molar-refractivity contribution in [1.29, 1.82) is 0 Å². The average Bonchev–Trinajstić information content (AvgIpc) is 2.71. The molecule has 0 radical (unpaired) electrons. The first kappa shape index (κ1) is 29.7. The Morgan fingerprint density at radius 3 is 2.20 bits per heavy atom. The molecule has 200 valence electrons. The lowest BCUT2D eigenvalue weighted by molar-refractivity contribution is -0.141. The molecule has 1 aliphatic rings. The molecule has 10 heteroatoms. The molecule has 0 amide bonds. The number of carbonyl (C=O) groups is 1. The summed E-state index contributed by atoms with van der Waals surface area (Å²) in [4.78, 5) is 13.3. The molecule has 35 heavy (non-hydrogen) atoms. The smallest absolute Gasteiger partial charge is 0.416 e. The van der Waals surface area contributed by atoms with Gasteiger partial charge in [-0.25, -0.2) is 0 Å². The van der Waals surface area contributed by atoms with Gasteiger partial charge in [-0.2, -0.15) is 26.3 Å². The molecule has 1 aromatic rings. The average molecular weight is 526 g/mol. The molecule has 0 saturated carbocycles. The highest BCUT2D eigenvalue weighted by molar-refractivity contribution is 6.76. The van der Waals surface area contributed by atoms with Crippen molar-refractivity contribution in [1.82, 2.24) is 4.90 Å². The third-order valence-corrected chi connectivity index (χ3v) is 8.64. The summed E-state index contributed by atoms with van der Waals surface area (Å²) in [5, 5.41) is 9.25. The van der Waals surface area contributed by atoms with Crippen molar-refractivity contribution in [2.45, 2.75) is 101 Å². The molecule has 0 spiro atoms. The van der Waals surface area contributed by atoms with Gasteiger partial charge in [0, 0.05) is 33.0 Å². The summed E-state index contributed by atoms with van der Waals surface area (Å²) in [6.45, 7) is 7.19. The second kappa shape index (κ2) is 12.1. The predicted molar refractivity (Wildman–Crippen MR) is 127 cm³/mol. The maximum Gasteiger partial charge on any atom is 0.416 e. The molecule has 1 aromatic carbocycles. The van der Waals surface area contributed by atoms with Crippen molar-refractivity contribution < 1.29 is 36.2 Å². The van der Waals surface area contributed by atoms with E-state index in [1.165, 1.54) is 12.1 Å². The monoisotopic (exact) mass is 525 g/mol. The lowest BCUT2D eigenvalue weighted by Crippen LogP contribution is -2.44. The molecule has 1 saturated heterocycles. The second-order valence-electron chi connectivity index (χ2n) is 11.0. The van der Waals surface area contributed by atoms with Gasteiger partial charge in [-0.1, -0.05) is 50.7 Å². The summed E-state index contributed by atoms with van der Waals surface area (Å²) in [6, 6.07) is 5.06. The zero-order chi connectivity index (χ0) is 26.4. The fraction of sp³-hybridized carbons (Fsp3) is 0.720. The number of likely N-dealkylation sites (tertiary alicyclic amines) is 1. The minimum atomic E-state index is -4.48. The third kappa shape index (κ3) is 10.5. The Hall–Kier alpha value is -1.55. The van der Waals surface area contributed by atoms with Crippen LogP contribution in [0.3, 0.4) is 0 Å². The summed E-state index contributed by atoms with van der Waals surface area (Å²) >= 11 is 0. The first-order valence-corrected chi connectivity index (χ1v) is 16.0. The fourth-order valence-corrected chi connectivity index (χ4v) is 6.30. The summed E-state index contributed by atoms with van der Waals surface area (Å²) in [6.07, 6.45) is -6.56. The minimum Gasteiger partial charge on any atom is -0.481 e. The van der Waals surface area contributed by atoms with Gasteiger partial charge in [0.25, 0.3) is 0 Å². The largest absolute Gasteiger partial charge is 0.481 e. The molecule has 0 aliphatic carbocycles. The van der Waals surface area contributed by atoms with Crippen LogP contribution >= 0.6 is 0 Å². The third-order valence-electron chi connectivity index (χ3n) is 6.78. The van der Waals surface area contributed by atoms with Crippen LogP contribution in [0.2, 0.25) is 25.7 Å². The lowest BCUT2D eigenvalue weighted by atomic mass is 9.83. The fourth-order valence-electron chi connectivity index (χ4n) is 4.99. The number of benzene rings is 1. The molecule has 2 rings (SSSR count). The Balaban J connectivity index is 2.28. The van der Waals surface area contributed by atoms with Crippen molar-refractivity contribution in [2.75, 3.05) is 6.54 Å². The van der Waals surface area contributed by atoms with Crippen LogP contribution in [-0.2, 0) is 11.0 Å². The molecule has 1 heterocycles. The van der Waals surface area contributed by atoms with Gasteiger partial charge in [-0.3, -0.25) is 9.69 Å². The van der Waals surface area contributed by atoms with Crippen molar-refractivity contribution >= 4 is 14.0 Å².